The van der Waals surface area contributed by atoms with Crippen LogP contribution in [0, 0.1) is 20.8 Å². The molecule has 0 bridgehead atoms. The molecule has 4 aromatic rings. The van der Waals surface area contributed by atoms with Crippen LogP contribution in [0.25, 0.3) is 11.3 Å². The van der Waals surface area contributed by atoms with Crippen molar-refractivity contribution in [3.8, 4) is 11.3 Å². The Labute approximate surface area is 189 Å². The molecule has 164 valence electrons. The van der Waals surface area contributed by atoms with E-state index < -0.39 is 10.0 Å². The molecule has 0 aliphatic rings. The van der Waals surface area contributed by atoms with Gasteiger partial charge >= 0.3 is 0 Å². The maximum absolute atomic E-state index is 13.5. The molecule has 0 spiro atoms. The molecular formula is C26H26N2O3S. The lowest BCUT2D eigenvalue weighted by Gasteiger charge is -2.21. The molecule has 0 aliphatic heterocycles. The van der Waals surface area contributed by atoms with E-state index in [1.54, 1.807) is 12.1 Å². The fourth-order valence-corrected chi connectivity index (χ4v) is 4.97. The van der Waals surface area contributed by atoms with Gasteiger partial charge in [0, 0.05) is 18.2 Å². The van der Waals surface area contributed by atoms with Gasteiger partial charge in [-0.1, -0.05) is 70.9 Å². The fourth-order valence-electron chi connectivity index (χ4n) is 3.57. The van der Waals surface area contributed by atoms with Gasteiger partial charge in [0.05, 0.1) is 17.1 Å². The molecule has 5 nitrogen and oxygen atoms in total. The van der Waals surface area contributed by atoms with Crippen molar-refractivity contribution in [2.24, 2.45) is 0 Å². The first-order chi connectivity index (χ1) is 15.3. The summed E-state index contributed by atoms with van der Waals surface area (Å²) in [5.74, 6) is 0.633. The third kappa shape index (κ3) is 4.82. The largest absolute Gasteiger partial charge is 0.356 e. The number of benzene rings is 3. The third-order valence-electron chi connectivity index (χ3n) is 5.42. The standard InChI is InChI=1S/C26H26N2O3S/c1-19-10-13-24(14-11-19)32(29,30)28(17-22-7-5-4-6-8-22)18-23-16-26(31-27-23)25-15-20(2)9-12-21(25)3/h4-16H,17-18H2,1-3H3. The first-order valence-corrected chi connectivity index (χ1v) is 11.9. The van der Waals surface area contributed by atoms with Gasteiger partial charge in [-0.25, -0.2) is 8.42 Å². The van der Waals surface area contributed by atoms with Crippen molar-refractivity contribution in [3.05, 3.63) is 107 Å². The van der Waals surface area contributed by atoms with Crippen molar-refractivity contribution in [1.29, 1.82) is 0 Å². The summed E-state index contributed by atoms with van der Waals surface area (Å²) in [7, 11) is -3.73. The number of sulfonamides is 1. The van der Waals surface area contributed by atoms with Crippen molar-refractivity contribution < 1.29 is 12.9 Å². The number of hydrogen-bond acceptors (Lipinski definition) is 4. The number of nitrogens with zero attached hydrogens (tertiary/aromatic N) is 2. The Hall–Kier alpha value is -3.22. The van der Waals surface area contributed by atoms with Gasteiger partial charge in [-0.3, -0.25) is 0 Å². The van der Waals surface area contributed by atoms with Gasteiger partial charge in [0.25, 0.3) is 0 Å². The predicted octanol–water partition coefficient (Wildman–Crippen LogP) is 5.66. The molecule has 0 N–H and O–H groups in total. The van der Waals surface area contributed by atoms with E-state index in [0.717, 1.165) is 27.8 Å². The highest BCUT2D eigenvalue weighted by atomic mass is 32.2. The Kier molecular flexibility index (Phi) is 6.26. The lowest BCUT2D eigenvalue weighted by atomic mass is 10.0. The van der Waals surface area contributed by atoms with Crippen molar-refractivity contribution in [1.82, 2.24) is 9.46 Å². The molecule has 4 rings (SSSR count). The molecular weight excluding hydrogens is 420 g/mol. The number of hydrogen-bond donors (Lipinski definition) is 0. The molecule has 0 atom stereocenters. The molecule has 0 saturated heterocycles. The van der Waals surface area contributed by atoms with Crippen LogP contribution in [-0.2, 0) is 23.1 Å². The zero-order valence-electron chi connectivity index (χ0n) is 18.4. The van der Waals surface area contributed by atoms with E-state index in [0.29, 0.717) is 11.5 Å². The molecule has 32 heavy (non-hydrogen) atoms. The molecule has 0 radical (unpaired) electrons. The van der Waals surface area contributed by atoms with Gasteiger partial charge in [-0.2, -0.15) is 4.31 Å². The van der Waals surface area contributed by atoms with Crippen LogP contribution in [0.2, 0.25) is 0 Å². The van der Waals surface area contributed by atoms with Crippen molar-refractivity contribution >= 4 is 10.0 Å². The topological polar surface area (TPSA) is 63.4 Å². The SMILES string of the molecule is Cc1ccc(S(=O)(=O)N(Cc2ccccc2)Cc2cc(-c3cc(C)ccc3C)on2)cc1. The van der Waals surface area contributed by atoms with Crippen LogP contribution in [0.4, 0.5) is 0 Å². The Morgan fingerprint density at radius 3 is 2.22 bits per heavy atom. The summed E-state index contributed by atoms with van der Waals surface area (Å²) in [5, 5.41) is 4.18. The minimum absolute atomic E-state index is 0.111. The van der Waals surface area contributed by atoms with Gasteiger partial charge in [-0.15, -0.1) is 0 Å². The molecule has 0 saturated carbocycles. The van der Waals surface area contributed by atoms with Crippen molar-refractivity contribution in [3.63, 3.8) is 0 Å². The first kappa shape index (κ1) is 22.0. The normalized spacial score (nSPS) is 11.8. The third-order valence-corrected chi connectivity index (χ3v) is 7.22. The second-order valence-corrected chi connectivity index (χ2v) is 10.0. The number of aromatic nitrogens is 1. The average molecular weight is 447 g/mol. The molecule has 0 amide bonds. The van der Waals surface area contributed by atoms with E-state index in [4.69, 9.17) is 4.52 Å². The van der Waals surface area contributed by atoms with Gasteiger partial charge < -0.3 is 4.52 Å². The second-order valence-electron chi connectivity index (χ2n) is 8.07. The van der Waals surface area contributed by atoms with Crippen LogP contribution in [0.15, 0.2) is 88.3 Å². The van der Waals surface area contributed by atoms with Crippen molar-refractivity contribution in [2.75, 3.05) is 0 Å². The lowest BCUT2D eigenvalue weighted by molar-refractivity contribution is 0.372. The Morgan fingerprint density at radius 1 is 0.812 bits per heavy atom. The monoisotopic (exact) mass is 446 g/mol. The molecule has 0 aliphatic carbocycles. The molecule has 1 heterocycles. The van der Waals surface area contributed by atoms with Crippen molar-refractivity contribution in [2.45, 2.75) is 38.8 Å². The van der Waals surface area contributed by atoms with E-state index in [9.17, 15) is 8.42 Å². The van der Waals surface area contributed by atoms with Gasteiger partial charge in [0.1, 0.15) is 0 Å². The molecule has 6 heteroatoms. The summed E-state index contributed by atoms with van der Waals surface area (Å²) in [6.07, 6.45) is 0. The summed E-state index contributed by atoms with van der Waals surface area (Å²) in [6.45, 7) is 6.32. The molecule has 1 aromatic heterocycles. The molecule has 3 aromatic carbocycles. The minimum Gasteiger partial charge on any atom is -0.356 e. The minimum atomic E-state index is -3.73. The quantitative estimate of drug-likeness (QED) is 0.368. The Balaban J connectivity index is 1.67. The van der Waals surface area contributed by atoms with Gasteiger partial charge in [-0.05, 0) is 50.1 Å². The van der Waals surface area contributed by atoms with E-state index >= 15 is 0 Å². The van der Waals surface area contributed by atoms with Crippen LogP contribution in [0.5, 0.6) is 0 Å². The van der Waals surface area contributed by atoms with E-state index in [1.165, 1.54) is 4.31 Å². The smallest absolute Gasteiger partial charge is 0.243 e. The summed E-state index contributed by atoms with van der Waals surface area (Å²) in [4.78, 5) is 0.261. The Bertz CT molecular complexity index is 1310. The summed E-state index contributed by atoms with van der Waals surface area (Å²) in [5.41, 5.74) is 5.63. The summed E-state index contributed by atoms with van der Waals surface area (Å²) >= 11 is 0. The summed E-state index contributed by atoms with van der Waals surface area (Å²) < 4.78 is 34.0. The van der Waals surface area contributed by atoms with Crippen LogP contribution >= 0.6 is 0 Å². The highest BCUT2D eigenvalue weighted by Crippen LogP contribution is 2.27. The fraction of sp³-hybridized carbons (Fsp3) is 0.192. The highest BCUT2D eigenvalue weighted by Gasteiger charge is 2.26. The van der Waals surface area contributed by atoms with Crippen LogP contribution in [0.1, 0.15) is 27.9 Å². The zero-order chi connectivity index (χ0) is 22.7. The number of aryl methyl sites for hydroxylation is 3. The van der Waals surface area contributed by atoms with Crippen LogP contribution < -0.4 is 0 Å². The van der Waals surface area contributed by atoms with Gasteiger partial charge in [0.2, 0.25) is 10.0 Å². The number of rotatable bonds is 7. The first-order valence-electron chi connectivity index (χ1n) is 10.5. The van der Waals surface area contributed by atoms with E-state index in [1.807, 2.05) is 87.5 Å². The zero-order valence-corrected chi connectivity index (χ0v) is 19.3. The molecule has 0 fully saturated rings. The van der Waals surface area contributed by atoms with Crippen LogP contribution in [0.3, 0.4) is 0 Å². The maximum atomic E-state index is 13.5. The lowest BCUT2D eigenvalue weighted by Crippen LogP contribution is -2.30. The van der Waals surface area contributed by atoms with E-state index in [-0.39, 0.29) is 18.0 Å². The predicted molar refractivity (Wildman–Crippen MR) is 125 cm³/mol. The average Bonchev–Trinajstić information content (AvgIpc) is 3.24. The van der Waals surface area contributed by atoms with Crippen LogP contribution in [-0.4, -0.2) is 17.9 Å². The maximum Gasteiger partial charge on any atom is 0.243 e. The summed E-state index contributed by atoms with van der Waals surface area (Å²) in [6, 6.07) is 24.4. The van der Waals surface area contributed by atoms with E-state index in [2.05, 4.69) is 5.16 Å². The Morgan fingerprint density at radius 2 is 1.50 bits per heavy atom. The molecule has 0 unspecified atom stereocenters. The van der Waals surface area contributed by atoms with Gasteiger partial charge in [0.15, 0.2) is 5.76 Å². The second kappa shape index (κ2) is 9.10. The highest BCUT2D eigenvalue weighted by molar-refractivity contribution is 7.89.